The van der Waals surface area contributed by atoms with Gasteiger partial charge in [-0.05, 0) is 33.2 Å². The Hall–Kier alpha value is -0.900. The van der Waals surface area contributed by atoms with Gasteiger partial charge in [-0.3, -0.25) is 14.5 Å². The van der Waals surface area contributed by atoms with Gasteiger partial charge in [-0.25, -0.2) is 0 Å². The molecule has 1 unspecified atom stereocenters. The van der Waals surface area contributed by atoms with Crippen LogP contribution in [0.15, 0.2) is 0 Å². The topological polar surface area (TPSA) is 49.4 Å². The Kier molecular flexibility index (Phi) is 4.75. The average molecular weight is 212 g/mol. The first-order valence-corrected chi connectivity index (χ1v) is 5.65. The van der Waals surface area contributed by atoms with Crippen LogP contribution in [0.4, 0.5) is 0 Å². The average Bonchev–Trinajstić information content (AvgIpc) is 2.22. The normalized spacial score (nSPS) is 19.5. The SMILES string of the molecule is CNC(C)CCCN1C(=O)CCCC1=O. The van der Waals surface area contributed by atoms with Gasteiger partial charge in [0.1, 0.15) is 0 Å². The number of carbonyl (C=O) groups is 2. The second kappa shape index (κ2) is 5.85. The molecule has 1 aliphatic rings. The van der Waals surface area contributed by atoms with Crippen molar-refractivity contribution in [3.8, 4) is 0 Å². The lowest BCUT2D eigenvalue weighted by Gasteiger charge is -2.25. The molecule has 1 saturated heterocycles. The van der Waals surface area contributed by atoms with Crippen LogP contribution in [0, 0.1) is 0 Å². The van der Waals surface area contributed by atoms with Crippen molar-refractivity contribution in [3.05, 3.63) is 0 Å². The summed E-state index contributed by atoms with van der Waals surface area (Å²) in [5.74, 6) is 0.00622. The Morgan fingerprint density at radius 3 is 2.47 bits per heavy atom. The highest BCUT2D eigenvalue weighted by molar-refractivity contribution is 5.97. The fourth-order valence-electron chi connectivity index (χ4n) is 1.75. The largest absolute Gasteiger partial charge is 0.317 e. The van der Waals surface area contributed by atoms with E-state index in [-0.39, 0.29) is 11.8 Å². The number of piperidine rings is 1. The molecule has 2 amide bonds. The molecule has 1 rings (SSSR count). The van der Waals surface area contributed by atoms with E-state index in [2.05, 4.69) is 12.2 Å². The summed E-state index contributed by atoms with van der Waals surface area (Å²) >= 11 is 0. The van der Waals surface area contributed by atoms with Crippen molar-refractivity contribution < 1.29 is 9.59 Å². The van der Waals surface area contributed by atoms with Crippen LogP contribution >= 0.6 is 0 Å². The summed E-state index contributed by atoms with van der Waals surface area (Å²) < 4.78 is 0. The van der Waals surface area contributed by atoms with E-state index in [4.69, 9.17) is 0 Å². The minimum absolute atomic E-state index is 0.00311. The zero-order valence-electron chi connectivity index (χ0n) is 9.58. The molecule has 1 aliphatic heterocycles. The Morgan fingerprint density at radius 2 is 1.93 bits per heavy atom. The molecule has 4 nitrogen and oxygen atoms in total. The second-order valence-corrected chi connectivity index (χ2v) is 4.12. The summed E-state index contributed by atoms with van der Waals surface area (Å²) in [5.41, 5.74) is 0. The molecule has 0 bridgehead atoms. The van der Waals surface area contributed by atoms with Crippen LogP contribution in [0.2, 0.25) is 0 Å². The molecule has 4 heteroatoms. The molecule has 0 radical (unpaired) electrons. The number of hydrogen-bond acceptors (Lipinski definition) is 3. The van der Waals surface area contributed by atoms with Gasteiger partial charge in [0.2, 0.25) is 11.8 Å². The van der Waals surface area contributed by atoms with Gasteiger partial charge in [-0.2, -0.15) is 0 Å². The quantitative estimate of drug-likeness (QED) is 0.689. The van der Waals surface area contributed by atoms with E-state index in [0.717, 1.165) is 19.3 Å². The molecule has 86 valence electrons. The van der Waals surface area contributed by atoms with E-state index >= 15 is 0 Å². The summed E-state index contributed by atoms with van der Waals surface area (Å²) in [7, 11) is 1.92. The van der Waals surface area contributed by atoms with Crippen molar-refractivity contribution in [1.82, 2.24) is 10.2 Å². The molecule has 15 heavy (non-hydrogen) atoms. The van der Waals surface area contributed by atoms with Crippen molar-refractivity contribution in [3.63, 3.8) is 0 Å². The highest BCUT2D eigenvalue weighted by Gasteiger charge is 2.24. The van der Waals surface area contributed by atoms with E-state index in [0.29, 0.717) is 25.4 Å². The molecular weight excluding hydrogens is 192 g/mol. The number of amides is 2. The van der Waals surface area contributed by atoms with Crippen molar-refractivity contribution in [2.75, 3.05) is 13.6 Å². The number of carbonyl (C=O) groups excluding carboxylic acids is 2. The zero-order valence-corrected chi connectivity index (χ0v) is 9.58. The lowest BCUT2D eigenvalue weighted by Crippen LogP contribution is -2.41. The first-order valence-electron chi connectivity index (χ1n) is 5.65. The minimum Gasteiger partial charge on any atom is -0.317 e. The molecule has 0 spiro atoms. The van der Waals surface area contributed by atoms with E-state index in [9.17, 15) is 9.59 Å². The summed E-state index contributed by atoms with van der Waals surface area (Å²) in [6.45, 7) is 2.68. The maximum Gasteiger partial charge on any atom is 0.229 e. The Labute approximate surface area is 91.0 Å². The first kappa shape index (κ1) is 12.2. The maximum absolute atomic E-state index is 11.4. The number of likely N-dealkylation sites (tertiary alicyclic amines) is 1. The summed E-state index contributed by atoms with van der Waals surface area (Å²) in [6.07, 6.45) is 3.68. The van der Waals surface area contributed by atoms with Gasteiger partial charge in [0.15, 0.2) is 0 Å². The van der Waals surface area contributed by atoms with Crippen molar-refractivity contribution in [2.45, 2.75) is 45.1 Å². The molecule has 0 aliphatic carbocycles. The third-order valence-electron chi connectivity index (χ3n) is 2.90. The van der Waals surface area contributed by atoms with Crippen molar-refractivity contribution in [1.29, 1.82) is 0 Å². The molecule has 1 atom stereocenters. The second-order valence-electron chi connectivity index (χ2n) is 4.12. The lowest BCUT2D eigenvalue weighted by atomic mass is 10.1. The van der Waals surface area contributed by atoms with Crippen molar-refractivity contribution >= 4 is 11.8 Å². The van der Waals surface area contributed by atoms with Crippen LogP contribution in [0.3, 0.4) is 0 Å². The first-order chi connectivity index (χ1) is 7.15. The fourth-order valence-corrected chi connectivity index (χ4v) is 1.75. The summed E-state index contributed by atoms with van der Waals surface area (Å²) in [6, 6.07) is 0.444. The highest BCUT2D eigenvalue weighted by atomic mass is 16.2. The number of nitrogens with zero attached hydrogens (tertiary/aromatic N) is 1. The number of nitrogens with one attached hydrogen (secondary N) is 1. The molecule has 0 aromatic rings. The zero-order chi connectivity index (χ0) is 11.3. The predicted octanol–water partition coefficient (Wildman–Crippen LogP) is 0.914. The van der Waals surface area contributed by atoms with Gasteiger partial charge in [-0.1, -0.05) is 0 Å². The molecular formula is C11H20N2O2. The van der Waals surface area contributed by atoms with Gasteiger partial charge >= 0.3 is 0 Å². The van der Waals surface area contributed by atoms with Crippen LogP contribution < -0.4 is 5.32 Å². The Bertz CT molecular complexity index is 225. The molecule has 0 saturated carbocycles. The highest BCUT2D eigenvalue weighted by Crippen LogP contribution is 2.13. The van der Waals surface area contributed by atoms with E-state index < -0.39 is 0 Å². The predicted molar refractivity (Wildman–Crippen MR) is 58.3 cm³/mol. The Balaban J connectivity index is 2.29. The van der Waals surface area contributed by atoms with Gasteiger partial charge in [-0.15, -0.1) is 0 Å². The van der Waals surface area contributed by atoms with E-state index in [1.165, 1.54) is 4.90 Å². The fraction of sp³-hybridized carbons (Fsp3) is 0.818. The lowest BCUT2D eigenvalue weighted by molar-refractivity contribution is -0.148. The monoisotopic (exact) mass is 212 g/mol. The number of imide groups is 1. The van der Waals surface area contributed by atoms with Gasteiger partial charge in [0, 0.05) is 25.4 Å². The molecule has 1 heterocycles. The van der Waals surface area contributed by atoms with Crippen LogP contribution in [0.25, 0.3) is 0 Å². The van der Waals surface area contributed by atoms with Gasteiger partial charge in [0.05, 0.1) is 0 Å². The van der Waals surface area contributed by atoms with Gasteiger partial charge < -0.3 is 5.32 Å². The maximum atomic E-state index is 11.4. The minimum atomic E-state index is 0.00311. The van der Waals surface area contributed by atoms with Crippen LogP contribution in [0.5, 0.6) is 0 Å². The Morgan fingerprint density at radius 1 is 1.33 bits per heavy atom. The standard InChI is InChI=1S/C11H20N2O2/c1-9(12-2)5-4-8-13-10(14)6-3-7-11(13)15/h9,12H,3-8H2,1-2H3. The van der Waals surface area contributed by atoms with E-state index in [1.807, 2.05) is 7.05 Å². The van der Waals surface area contributed by atoms with E-state index in [1.54, 1.807) is 0 Å². The molecule has 0 aromatic carbocycles. The number of hydrogen-bond donors (Lipinski definition) is 1. The van der Waals surface area contributed by atoms with Gasteiger partial charge in [0.25, 0.3) is 0 Å². The van der Waals surface area contributed by atoms with Crippen molar-refractivity contribution in [2.24, 2.45) is 0 Å². The summed E-state index contributed by atoms with van der Waals surface area (Å²) in [5, 5.41) is 3.14. The molecule has 0 aromatic heterocycles. The smallest absolute Gasteiger partial charge is 0.229 e. The van der Waals surface area contributed by atoms with Crippen LogP contribution in [-0.4, -0.2) is 36.3 Å². The third-order valence-corrected chi connectivity index (χ3v) is 2.90. The molecule has 1 N–H and O–H groups in total. The number of rotatable bonds is 5. The van der Waals surface area contributed by atoms with Crippen LogP contribution in [0.1, 0.15) is 39.0 Å². The molecule has 1 fully saturated rings. The third kappa shape index (κ3) is 3.63. The van der Waals surface area contributed by atoms with Crippen LogP contribution in [-0.2, 0) is 9.59 Å². The summed E-state index contributed by atoms with van der Waals surface area (Å²) in [4.78, 5) is 24.3.